The van der Waals surface area contributed by atoms with Gasteiger partial charge in [0.25, 0.3) is 0 Å². The Kier molecular flexibility index (Phi) is 2.48. The third-order valence-corrected chi connectivity index (χ3v) is 3.16. The second-order valence-electron chi connectivity index (χ2n) is 4.72. The second kappa shape index (κ2) is 4.00. The molecule has 90 valence electrons. The van der Waals surface area contributed by atoms with E-state index in [1.807, 2.05) is 16.9 Å². The van der Waals surface area contributed by atoms with Gasteiger partial charge in [0, 0.05) is 37.1 Å². The first kappa shape index (κ1) is 10.5. The highest BCUT2D eigenvalue weighted by Crippen LogP contribution is 2.23. The first-order valence-corrected chi connectivity index (χ1v) is 6.03. The lowest BCUT2D eigenvalue weighted by Gasteiger charge is -2.08. The average Bonchev–Trinajstić information content (AvgIpc) is 2.96. The third-order valence-electron chi connectivity index (χ3n) is 3.16. The van der Waals surface area contributed by atoms with Gasteiger partial charge in [0.15, 0.2) is 0 Å². The number of fused-ring (bicyclic) bond motifs is 1. The summed E-state index contributed by atoms with van der Waals surface area (Å²) in [6, 6.07) is 2.35. The van der Waals surface area contributed by atoms with E-state index in [9.17, 15) is 0 Å². The molecule has 3 heterocycles. The van der Waals surface area contributed by atoms with Gasteiger partial charge in [-0.25, -0.2) is 0 Å². The van der Waals surface area contributed by atoms with Crippen molar-refractivity contribution in [2.75, 3.05) is 0 Å². The summed E-state index contributed by atoms with van der Waals surface area (Å²) in [6.07, 6.45) is 3.78. The molecule has 3 rings (SSSR count). The van der Waals surface area contributed by atoms with Crippen molar-refractivity contribution < 1.29 is 0 Å². The predicted octanol–water partition coefficient (Wildman–Crippen LogP) is 1.31. The number of aromatic nitrogens is 4. The van der Waals surface area contributed by atoms with Gasteiger partial charge in [-0.15, -0.1) is 0 Å². The summed E-state index contributed by atoms with van der Waals surface area (Å²) in [7, 11) is 0. The van der Waals surface area contributed by atoms with E-state index in [4.69, 9.17) is 5.10 Å². The van der Waals surface area contributed by atoms with Crippen LogP contribution in [0.25, 0.3) is 0 Å². The summed E-state index contributed by atoms with van der Waals surface area (Å²) >= 11 is 0. The van der Waals surface area contributed by atoms with E-state index in [0.717, 1.165) is 25.3 Å². The fourth-order valence-electron chi connectivity index (χ4n) is 2.35. The molecule has 1 N–H and O–H groups in total. The maximum atomic E-state index is 4.72. The van der Waals surface area contributed by atoms with Crippen molar-refractivity contribution in [2.24, 2.45) is 0 Å². The Morgan fingerprint density at radius 2 is 2.29 bits per heavy atom. The van der Waals surface area contributed by atoms with Crippen LogP contribution in [-0.4, -0.2) is 19.6 Å². The smallest absolute Gasteiger partial charge is 0.0888 e. The fourth-order valence-corrected chi connectivity index (χ4v) is 2.35. The van der Waals surface area contributed by atoms with Crippen LogP contribution in [0.5, 0.6) is 0 Å². The Morgan fingerprint density at radius 1 is 1.41 bits per heavy atom. The van der Waals surface area contributed by atoms with Crippen molar-refractivity contribution in [1.82, 2.24) is 24.9 Å². The molecule has 0 saturated carbocycles. The molecule has 0 radical (unpaired) electrons. The first-order chi connectivity index (χ1) is 8.25. The molecule has 0 fully saturated rings. The van der Waals surface area contributed by atoms with Crippen LogP contribution in [0.15, 0.2) is 18.5 Å². The molecule has 0 saturated heterocycles. The van der Waals surface area contributed by atoms with Crippen LogP contribution in [-0.2, 0) is 19.6 Å². The molecule has 2 aromatic rings. The molecule has 0 aromatic carbocycles. The molecule has 0 atom stereocenters. The number of hydrogen-bond acceptors (Lipinski definition) is 3. The summed E-state index contributed by atoms with van der Waals surface area (Å²) in [5.41, 5.74) is 3.83. The van der Waals surface area contributed by atoms with Crippen molar-refractivity contribution in [3.63, 3.8) is 0 Å². The molecular weight excluding hydrogens is 214 g/mol. The van der Waals surface area contributed by atoms with Crippen LogP contribution in [0, 0.1) is 0 Å². The van der Waals surface area contributed by atoms with Gasteiger partial charge in [-0.1, -0.05) is 0 Å². The Labute approximate surface area is 100 Å². The third kappa shape index (κ3) is 1.76. The van der Waals surface area contributed by atoms with Crippen LogP contribution in [0.1, 0.15) is 36.8 Å². The van der Waals surface area contributed by atoms with Gasteiger partial charge < -0.3 is 5.32 Å². The summed E-state index contributed by atoms with van der Waals surface area (Å²) in [5, 5.41) is 12.4. The van der Waals surface area contributed by atoms with Crippen LogP contribution in [0.3, 0.4) is 0 Å². The molecule has 1 aliphatic heterocycles. The molecule has 1 aliphatic rings. The standard InChI is InChI=1S/C12H17N5/c1-9(2)17-12-7-13-6-10(12)11(15-17)8-16-5-3-4-14-16/h3-5,9,13H,6-8H2,1-2H3. The van der Waals surface area contributed by atoms with Gasteiger partial charge >= 0.3 is 0 Å². The van der Waals surface area contributed by atoms with E-state index in [2.05, 4.69) is 28.9 Å². The number of hydrogen-bond donors (Lipinski definition) is 1. The molecule has 5 nitrogen and oxygen atoms in total. The molecular formula is C12H17N5. The zero-order valence-electron chi connectivity index (χ0n) is 10.2. The van der Waals surface area contributed by atoms with Crippen molar-refractivity contribution in [3.05, 3.63) is 35.4 Å². The molecule has 0 bridgehead atoms. The largest absolute Gasteiger partial charge is 0.307 e. The van der Waals surface area contributed by atoms with E-state index in [1.54, 1.807) is 6.20 Å². The van der Waals surface area contributed by atoms with E-state index >= 15 is 0 Å². The second-order valence-corrected chi connectivity index (χ2v) is 4.72. The molecule has 5 heteroatoms. The van der Waals surface area contributed by atoms with Crippen LogP contribution < -0.4 is 5.32 Å². The summed E-state index contributed by atoms with van der Waals surface area (Å²) < 4.78 is 4.06. The fraction of sp³-hybridized carbons (Fsp3) is 0.500. The van der Waals surface area contributed by atoms with E-state index in [1.165, 1.54) is 11.3 Å². The Morgan fingerprint density at radius 3 is 3.00 bits per heavy atom. The lowest BCUT2D eigenvalue weighted by atomic mass is 10.2. The first-order valence-electron chi connectivity index (χ1n) is 6.03. The minimum Gasteiger partial charge on any atom is -0.307 e. The molecule has 0 aliphatic carbocycles. The monoisotopic (exact) mass is 231 g/mol. The highest BCUT2D eigenvalue weighted by molar-refractivity contribution is 5.30. The Bertz CT molecular complexity index is 509. The van der Waals surface area contributed by atoms with Gasteiger partial charge in [-0.05, 0) is 19.9 Å². The van der Waals surface area contributed by atoms with E-state index < -0.39 is 0 Å². The molecule has 2 aromatic heterocycles. The topological polar surface area (TPSA) is 47.7 Å². The minimum atomic E-state index is 0.412. The average molecular weight is 231 g/mol. The summed E-state index contributed by atoms with van der Waals surface area (Å²) in [4.78, 5) is 0. The lowest BCUT2D eigenvalue weighted by Crippen LogP contribution is -2.12. The van der Waals surface area contributed by atoms with Crippen molar-refractivity contribution >= 4 is 0 Å². The zero-order valence-corrected chi connectivity index (χ0v) is 10.2. The van der Waals surface area contributed by atoms with Gasteiger partial charge in [-0.2, -0.15) is 10.2 Å². The predicted molar refractivity (Wildman–Crippen MR) is 64.5 cm³/mol. The van der Waals surface area contributed by atoms with Crippen LogP contribution in [0.2, 0.25) is 0 Å². The molecule has 0 amide bonds. The van der Waals surface area contributed by atoms with Gasteiger partial charge in [0.2, 0.25) is 0 Å². The maximum absolute atomic E-state index is 4.72. The highest BCUT2D eigenvalue weighted by atomic mass is 15.3. The highest BCUT2D eigenvalue weighted by Gasteiger charge is 2.23. The number of rotatable bonds is 3. The normalized spacial score (nSPS) is 14.5. The molecule has 0 unspecified atom stereocenters. The minimum absolute atomic E-state index is 0.412. The molecule has 0 spiro atoms. The van der Waals surface area contributed by atoms with Gasteiger partial charge in [-0.3, -0.25) is 9.36 Å². The Balaban J connectivity index is 1.97. The summed E-state index contributed by atoms with van der Waals surface area (Å²) in [5.74, 6) is 0. The van der Waals surface area contributed by atoms with Crippen molar-refractivity contribution in [1.29, 1.82) is 0 Å². The SMILES string of the molecule is CC(C)n1nc(Cn2cccn2)c2c1CNC2. The lowest BCUT2D eigenvalue weighted by molar-refractivity contribution is 0.494. The van der Waals surface area contributed by atoms with Crippen molar-refractivity contribution in [3.8, 4) is 0 Å². The van der Waals surface area contributed by atoms with Crippen LogP contribution in [0.4, 0.5) is 0 Å². The quantitative estimate of drug-likeness (QED) is 0.866. The number of nitrogens with zero attached hydrogens (tertiary/aromatic N) is 4. The summed E-state index contributed by atoms with van der Waals surface area (Å²) in [6.45, 7) is 6.96. The maximum Gasteiger partial charge on any atom is 0.0888 e. The van der Waals surface area contributed by atoms with Crippen LogP contribution >= 0.6 is 0 Å². The van der Waals surface area contributed by atoms with E-state index in [0.29, 0.717) is 6.04 Å². The molecule has 17 heavy (non-hydrogen) atoms. The number of nitrogens with one attached hydrogen (secondary N) is 1. The zero-order chi connectivity index (χ0) is 11.8. The van der Waals surface area contributed by atoms with Gasteiger partial charge in [0.05, 0.1) is 17.9 Å². The van der Waals surface area contributed by atoms with Crippen molar-refractivity contribution in [2.45, 2.75) is 39.5 Å². The Hall–Kier alpha value is -1.62. The van der Waals surface area contributed by atoms with Gasteiger partial charge in [0.1, 0.15) is 0 Å². The van der Waals surface area contributed by atoms with E-state index in [-0.39, 0.29) is 0 Å².